The Hall–Kier alpha value is -2.87. The topological polar surface area (TPSA) is 94.6 Å². The van der Waals surface area contributed by atoms with Crippen molar-refractivity contribution in [1.29, 1.82) is 0 Å². The zero-order chi connectivity index (χ0) is 37.4. The van der Waals surface area contributed by atoms with Crippen LogP contribution >= 0.6 is 99.9 Å². The first-order chi connectivity index (χ1) is 24.2. The monoisotopic (exact) mass is 858 g/mol. The van der Waals surface area contributed by atoms with Crippen LogP contribution in [0.15, 0.2) is 84.9 Å². The Balaban J connectivity index is 2.03. The van der Waals surface area contributed by atoms with Crippen LogP contribution in [0.3, 0.4) is 0 Å². The molecule has 0 aliphatic rings. The predicted octanol–water partition coefficient (Wildman–Crippen LogP) is 12.4. The average molecular weight is 862 g/mol. The number of hydrogen-bond acceptors (Lipinski definition) is 6. The van der Waals surface area contributed by atoms with Crippen LogP contribution in [0.1, 0.15) is 59.5 Å². The molecule has 0 aromatic heterocycles. The largest absolute Gasteiger partial charge is 0.493 e. The van der Waals surface area contributed by atoms with Gasteiger partial charge in [-0.25, -0.2) is 0 Å². The highest BCUT2D eigenvalue weighted by atomic mass is 35.5. The molecule has 0 aliphatic heterocycles. The van der Waals surface area contributed by atoms with Gasteiger partial charge >= 0.3 is 0 Å². The lowest BCUT2D eigenvalue weighted by molar-refractivity contribution is 0.1000. The zero-order valence-corrected chi connectivity index (χ0v) is 32.7. The molecule has 5 aromatic carbocycles. The molecule has 0 fully saturated rings. The second kappa shape index (κ2) is 16.0. The molecule has 0 heterocycles. The van der Waals surface area contributed by atoms with Gasteiger partial charge in [-0.1, -0.05) is 117 Å². The van der Waals surface area contributed by atoms with E-state index >= 15 is 4.57 Å². The van der Waals surface area contributed by atoms with Crippen LogP contribution in [0.5, 0.6) is 5.75 Å². The van der Waals surface area contributed by atoms with Gasteiger partial charge in [-0.3, -0.25) is 19.2 Å². The number of carbonyl (C=O) groups excluding carboxylic acids is 4. The first-order valence-electron chi connectivity index (χ1n) is 14.5. The van der Waals surface area contributed by atoms with Crippen LogP contribution in [-0.2, 0) is 4.57 Å². The lowest BCUT2D eigenvalue weighted by Gasteiger charge is -2.24. The van der Waals surface area contributed by atoms with E-state index in [1.807, 2.05) is 0 Å². The van der Waals surface area contributed by atoms with Crippen molar-refractivity contribution in [2.24, 2.45) is 0 Å². The number of ketones is 2. The first kappa shape index (κ1) is 39.3. The van der Waals surface area contributed by atoms with Gasteiger partial charge in [-0.2, -0.15) is 0 Å². The highest BCUT2D eigenvalue weighted by Crippen LogP contribution is 2.56. The second-order valence-corrected chi connectivity index (χ2v) is 16.3. The van der Waals surface area contributed by atoms with Crippen LogP contribution in [-0.4, -0.2) is 29.2 Å². The molecule has 5 rings (SSSR count). The van der Waals surface area contributed by atoms with Crippen LogP contribution in [0.2, 0.25) is 40.2 Å². The summed E-state index contributed by atoms with van der Waals surface area (Å²) in [4.78, 5) is 59.2. The van der Waals surface area contributed by atoms with Crippen LogP contribution in [0, 0.1) is 0 Å². The standard InChI is InChI=1S/C36H19Cl8O6P/c1-2-50-25-15-16-26(51(49,35(47)29-21(41)11-5-12-22(29)42)36(48)30-23(43)13-6-14-24(30)44)32(34(46)28-19(39)9-4-10-20(28)40)31(25)33(45)27-17(37)7-3-8-18(27)38/h3-16H,2H2,1H3. The zero-order valence-electron chi connectivity index (χ0n) is 25.7. The molecule has 260 valence electrons. The molecule has 15 heteroatoms. The Bertz CT molecular complexity index is 2190. The SMILES string of the molecule is CCOc1ccc(P(=O)(C(=O)c2c(Cl)cccc2Cl)C(=O)c2c(Cl)cccc2Cl)c(C(=O)c2c(Cl)cccc2Cl)c1C(=O)c1c(Cl)cccc1Cl. The number of halogens is 8. The summed E-state index contributed by atoms with van der Waals surface area (Å²) in [6.07, 6.45) is 0. The molecule has 0 aliphatic carbocycles. The molecule has 0 saturated heterocycles. The third-order valence-corrected chi connectivity index (χ3v) is 12.7. The number of carbonyl (C=O) groups is 4. The Morgan fingerprint density at radius 2 is 0.784 bits per heavy atom. The molecule has 0 radical (unpaired) electrons. The first-order valence-corrected chi connectivity index (χ1v) is 19.2. The van der Waals surface area contributed by atoms with E-state index in [4.69, 9.17) is 97.5 Å². The molecular weight excluding hydrogens is 843 g/mol. The average Bonchev–Trinajstić information content (AvgIpc) is 3.07. The third-order valence-electron chi connectivity index (χ3n) is 7.54. The van der Waals surface area contributed by atoms with Crippen molar-refractivity contribution < 1.29 is 28.5 Å². The minimum atomic E-state index is -5.46. The summed E-state index contributed by atoms with van der Waals surface area (Å²) in [7, 11) is -5.46. The maximum atomic E-state index is 15.9. The summed E-state index contributed by atoms with van der Waals surface area (Å²) < 4.78 is 21.7. The van der Waals surface area contributed by atoms with Crippen LogP contribution < -0.4 is 10.0 Å². The lowest BCUT2D eigenvalue weighted by Crippen LogP contribution is -2.29. The molecule has 0 bridgehead atoms. The molecule has 0 amide bonds. The van der Waals surface area contributed by atoms with E-state index in [0.29, 0.717) is 0 Å². The van der Waals surface area contributed by atoms with Gasteiger partial charge in [-0.05, 0) is 67.6 Å². The summed E-state index contributed by atoms with van der Waals surface area (Å²) in [6, 6.07) is 18.7. The Kier molecular flexibility index (Phi) is 12.4. The summed E-state index contributed by atoms with van der Waals surface area (Å²) in [6.45, 7) is 1.57. The minimum absolute atomic E-state index is 0.0314. The van der Waals surface area contributed by atoms with E-state index in [9.17, 15) is 19.2 Å². The molecule has 6 nitrogen and oxygen atoms in total. The fraction of sp³-hybridized carbons (Fsp3) is 0.0556. The van der Waals surface area contributed by atoms with Crippen molar-refractivity contribution >= 4 is 128 Å². The highest BCUT2D eigenvalue weighted by molar-refractivity contribution is 8.01. The molecule has 0 unspecified atom stereocenters. The highest BCUT2D eigenvalue weighted by Gasteiger charge is 2.49. The van der Waals surface area contributed by atoms with Crippen molar-refractivity contribution in [1.82, 2.24) is 0 Å². The minimum Gasteiger partial charge on any atom is -0.493 e. The van der Waals surface area contributed by atoms with Gasteiger partial charge < -0.3 is 9.30 Å². The third kappa shape index (κ3) is 7.24. The van der Waals surface area contributed by atoms with Gasteiger partial charge in [0, 0.05) is 10.9 Å². The van der Waals surface area contributed by atoms with Crippen molar-refractivity contribution in [2.75, 3.05) is 6.61 Å². The summed E-state index contributed by atoms with van der Waals surface area (Å²) in [5.41, 5.74) is -5.71. The maximum Gasteiger partial charge on any atom is 0.249 e. The van der Waals surface area contributed by atoms with E-state index in [1.54, 1.807) is 6.92 Å². The van der Waals surface area contributed by atoms with Crippen molar-refractivity contribution in [3.63, 3.8) is 0 Å². The number of benzene rings is 5. The van der Waals surface area contributed by atoms with E-state index in [0.717, 1.165) is 6.07 Å². The van der Waals surface area contributed by atoms with Crippen LogP contribution in [0.25, 0.3) is 0 Å². The Morgan fingerprint density at radius 3 is 1.12 bits per heavy atom. The van der Waals surface area contributed by atoms with Crippen LogP contribution in [0.4, 0.5) is 0 Å². The van der Waals surface area contributed by atoms with Crippen molar-refractivity contribution in [3.8, 4) is 5.75 Å². The molecule has 5 aromatic rings. The Morgan fingerprint density at radius 1 is 0.471 bits per heavy atom. The quantitative estimate of drug-likeness (QED) is 0.0970. The molecule has 0 atom stereocenters. The molecule has 0 spiro atoms. The van der Waals surface area contributed by atoms with Crippen molar-refractivity contribution in [3.05, 3.63) is 158 Å². The second-order valence-electron chi connectivity index (χ2n) is 10.5. The number of ether oxygens (including phenoxy) is 1. The maximum absolute atomic E-state index is 15.9. The van der Waals surface area contributed by atoms with Gasteiger partial charge in [0.2, 0.25) is 24.0 Å². The fourth-order valence-electron chi connectivity index (χ4n) is 5.28. The molecule has 51 heavy (non-hydrogen) atoms. The molecule has 0 N–H and O–H groups in total. The Labute approximate surface area is 331 Å². The summed E-state index contributed by atoms with van der Waals surface area (Å²) in [5.74, 6) is -2.31. The van der Waals surface area contributed by atoms with E-state index in [-0.39, 0.29) is 63.7 Å². The van der Waals surface area contributed by atoms with Gasteiger partial charge in [0.1, 0.15) is 5.75 Å². The van der Waals surface area contributed by atoms with E-state index < -0.39 is 57.3 Å². The van der Waals surface area contributed by atoms with Gasteiger partial charge in [0.05, 0.1) is 74.6 Å². The summed E-state index contributed by atoms with van der Waals surface area (Å²) in [5, 5.41) is -2.37. The smallest absolute Gasteiger partial charge is 0.249 e. The van der Waals surface area contributed by atoms with E-state index in [1.165, 1.54) is 78.9 Å². The van der Waals surface area contributed by atoms with Crippen molar-refractivity contribution in [2.45, 2.75) is 6.92 Å². The molecule has 0 saturated carbocycles. The van der Waals surface area contributed by atoms with Gasteiger partial charge in [-0.15, -0.1) is 0 Å². The van der Waals surface area contributed by atoms with E-state index in [2.05, 4.69) is 0 Å². The number of rotatable bonds is 11. The lowest BCUT2D eigenvalue weighted by atomic mass is 9.92. The summed E-state index contributed by atoms with van der Waals surface area (Å²) >= 11 is 51.7. The van der Waals surface area contributed by atoms with Gasteiger partial charge in [0.25, 0.3) is 0 Å². The fourth-order valence-corrected chi connectivity index (χ4v) is 10.4. The van der Waals surface area contributed by atoms with Gasteiger partial charge in [0.15, 0.2) is 5.78 Å². The number of hydrogen-bond donors (Lipinski definition) is 0. The predicted molar refractivity (Wildman–Crippen MR) is 206 cm³/mol. The normalized spacial score (nSPS) is 11.3. The molecular formula is C36H19Cl8O6P.